The van der Waals surface area contributed by atoms with Crippen LogP contribution in [0.25, 0.3) is 0 Å². The van der Waals surface area contributed by atoms with E-state index >= 15 is 0 Å². The lowest BCUT2D eigenvalue weighted by atomic mass is 9.68. The smallest absolute Gasteiger partial charge is 0.446 e. The Balaban J connectivity index is 1.91. The Morgan fingerprint density at radius 3 is 2.48 bits per heavy atom. The molecule has 0 saturated heterocycles. The predicted octanol–water partition coefficient (Wildman–Crippen LogP) is 5.48. The number of thioether (sulfide) groups is 1. The van der Waals surface area contributed by atoms with Crippen LogP contribution in [0.5, 0.6) is 5.75 Å². The first-order chi connectivity index (χ1) is 11.6. The molecule has 1 N–H and O–H groups in total. The van der Waals surface area contributed by atoms with Crippen LogP contribution in [0.4, 0.5) is 22.0 Å². The van der Waals surface area contributed by atoms with Crippen LogP contribution in [0.1, 0.15) is 49.8 Å². The van der Waals surface area contributed by atoms with E-state index in [4.69, 9.17) is 4.74 Å². The maximum Gasteiger partial charge on any atom is 0.446 e. The van der Waals surface area contributed by atoms with Crippen LogP contribution in [0.2, 0.25) is 0 Å². The van der Waals surface area contributed by atoms with Crippen molar-refractivity contribution in [1.29, 1.82) is 0 Å². The summed E-state index contributed by atoms with van der Waals surface area (Å²) in [6.07, 6.45) is 0.909. The van der Waals surface area contributed by atoms with E-state index < -0.39 is 40.6 Å². The molecular weight excluding hydrogens is 363 g/mol. The first-order valence-electron chi connectivity index (χ1n) is 8.17. The van der Waals surface area contributed by atoms with Gasteiger partial charge in [0.15, 0.2) is 0 Å². The largest absolute Gasteiger partial charge is 0.493 e. The van der Waals surface area contributed by atoms with Crippen molar-refractivity contribution in [3.05, 3.63) is 23.3 Å². The molecular formula is C17H19F5O2S. The average Bonchev–Trinajstić information content (AvgIpc) is 2.70. The molecule has 0 spiro atoms. The summed E-state index contributed by atoms with van der Waals surface area (Å²) in [7, 11) is 0. The minimum atomic E-state index is -4.62. The molecule has 1 aromatic rings. The van der Waals surface area contributed by atoms with Crippen LogP contribution in [0.3, 0.4) is 0 Å². The lowest BCUT2D eigenvalue weighted by molar-refractivity contribution is -0.0977. The average molecular weight is 382 g/mol. The third kappa shape index (κ3) is 3.60. The van der Waals surface area contributed by atoms with Gasteiger partial charge in [0.1, 0.15) is 11.9 Å². The third-order valence-electron chi connectivity index (χ3n) is 5.28. The highest BCUT2D eigenvalue weighted by Gasteiger charge is 2.50. The molecule has 0 bridgehead atoms. The van der Waals surface area contributed by atoms with E-state index in [2.05, 4.69) is 0 Å². The zero-order valence-corrected chi connectivity index (χ0v) is 14.4. The molecule has 8 heteroatoms. The molecule has 1 unspecified atom stereocenters. The fraction of sp³-hybridized carbons (Fsp3) is 0.647. The maximum atomic E-state index is 13.9. The standard InChI is InChI=1S/C17H19F5O2S/c1-2-15(6-3-7-15)9-24-11-4-5-12(25-17(20,21)22)13-10(11)8-16(18,19)14(13)23/h4-5,14,23H,2-3,6-9H2,1H3. The highest BCUT2D eigenvalue weighted by Crippen LogP contribution is 2.53. The van der Waals surface area contributed by atoms with Crippen molar-refractivity contribution in [2.75, 3.05) is 6.61 Å². The summed E-state index contributed by atoms with van der Waals surface area (Å²) in [6.45, 7) is 2.39. The van der Waals surface area contributed by atoms with Crippen LogP contribution in [0.15, 0.2) is 17.0 Å². The number of aliphatic hydroxyl groups excluding tert-OH is 1. The number of halogens is 5. The minimum Gasteiger partial charge on any atom is -0.493 e. The van der Waals surface area contributed by atoms with Gasteiger partial charge in [0.2, 0.25) is 0 Å². The van der Waals surface area contributed by atoms with Crippen molar-refractivity contribution in [2.24, 2.45) is 5.41 Å². The van der Waals surface area contributed by atoms with Crippen LogP contribution in [0, 0.1) is 5.41 Å². The number of hydrogen-bond acceptors (Lipinski definition) is 3. The number of hydrogen-bond donors (Lipinski definition) is 1. The summed E-state index contributed by atoms with van der Waals surface area (Å²) >= 11 is -0.486. The van der Waals surface area contributed by atoms with E-state index in [1.54, 1.807) is 0 Å². The van der Waals surface area contributed by atoms with Crippen LogP contribution in [-0.2, 0) is 6.42 Å². The van der Waals surface area contributed by atoms with Gasteiger partial charge in [-0.05, 0) is 43.2 Å². The molecule has 0 amide bonds. The normalized spacial score (nSPS) is 23.9. The summed E-state index contributed by atoms with van der Waals surface area (Å²) < 4.78 is 71.7. The van der Waals surface area contributed by atoms with Crippen LogP contribution < -0.4 is 4.74 Å². The predicted molar refractivity (Wildman–Crippen MR) is 84.0 cm³/mol. The molecule has 1 aromatic carbocycles. The molecule has 0 heterocycles. The molecule has 140 valence electrons. The monoisotopic (exact) mass is 382 g/mol. The van der Waals surface area contributed by atoms with Gasteiger partial charge >= 0.3 is 5.51 Å². The molecule has 0 aliphatic heterocycles. The number of aliphatic hydroxyl groups is 1. The van der Waals surface area contributed by atoms with Crippen molar-refractivity contribution in [1.82, 2.24) is 0 Å². The Morgan fingerprint density at radius 1 is 1.28 bits per heavy atom. The molecule has 2 nitrogen and oxygen atoms in total. The van der Waals surface area contributed by atoms with Gasteiger partial charge in [-0.15, -0.1) is 0 Å². The first kappa shape index (κ1) is 18.8. The first-order valence-corrected chi connectivity index (χ1v) is 8.99. The summed E-state index contributed by atoms with van der Waals surface area (Å²) in [4.78, 5) is -0.395. The van der Waals surface area contributed by atoms with Gasteiger partial charge in [0.05, 0.1) is 6.61 Å². The SMILES string of the molecule is CCC1(COc2ccc(SC(F)(F)F)c3c2CC(F)(F)C3O)CCC1. The molecule has 1 atom stereocenters. The zero-order chi connectivity index (χ0) is 18.5. The number of rotatable bonds is 5. The molecule has 25 heavy (non-hydrogen) atoms. The van der Waals surface area contributed by atoms with Gasteiger partial charge in [-0.3, -0.25) is 0 Å². The highest BCUT2D eigenvalue weighted by molar-refractivity contribution is 8.00. The quantitative estimate of drug-likeness (QED) is 0.540. The molecule has 1 fully saturated rings. The Morgan fingerprint density at radius 2 is 1.96 bits per heavy atom. The molecule has 1 saturated carbocycles. The van der Waals surface area contributed by atoms with Crippen molar-refractivity contribution >= 4 is 11.8 Å². The Kier molecular flexibility index (Phi) is 4.73. The van der Waals surface area contributed by atoms with Gasteiger partial charge < -0.3 is 9.84 Å². The van der Waals surface area contributed by atoms with Crippen LogP contribution in [-0.4, -0.2) is 23.1 Å². The summed E-state index contributed by atoms with van der Waals surface area (Å²) in [5, 5.41) is 9.86. The van der Waals surface area contributed by atoms with Crippen molar-refractivity contribution in [3.8, 4) is 5.75 Å². The zero-order valence-electron chi connectivity index (χ0n) is 13.6. The minimum absolute atomic E-state index is 0.0164. The van der Waals surface area contributed by atoms with Crippen molar-refractivity contribution in [3.63, 3.8) is 0 Å². The second kappa shape index (κ2) is 6.30. The topological polar surface area (TPSA) is 29.5 Å². The Labute approximate surface area is 146 Å². The Hall–Kier alpha value is -1.02. The van der Waals surface area contributed by atoms with Crippen molar-refractivity contribution < 1.29 is 31.8 Å². The fourth-order valence-corrected chi connectivity index (χ4v) is 4.24. The van der Waals surface area contributed by atoms with E-state index in [1.807, 2.05) is 6.92 Å². The molecule has 2 aliphatic carbocycles. The van der Waals surface area contributed by atoms with Gasteiger partial charge in [0.25, 0.3) is 5.92 Å². The van der Waals surface area contributed by atoms with E-state index in [0.29, 0.717) is 6.61 Å². The summed E-state index contributed by atoms with van der Waals surface area (Å²) in [6, 6.07) is 2.42. The van der Waals surface area contributed by atoms with Crippen molar-refractivity contribution in [2.45, 2.75) is 61.5 Å². The molecule has 2 aliphatic rings. The molecule has 0 aromatic heterocycles. The van der Waals surface area contributed by atoms with E-state index in [-0.39, 0.29) is 22.3 Å². The van der Waals surface area contributed by atoms with Gasteiger partial charge in [-0.2, -0.15) is 13.2 Å². The summed E-state index contributed by atoms with van der Waals surface area (Å²) in [5.41, 5.74) is -4.97. The lowest BCUT2D eigenvalue weighted by Crippen LogP contribution is -2.35. The lowest BCUT2D eigenvalue weighted by Gasteiger charge is -2.40. The van der Waals surface area contributed by atoms with E-state index in [1.165, 1.54) is 6.07 Å². The van der Waals surface area contributed by atoms with E-state index in [9.17, 15) is 27.1 Å². The van der Waals surface area contributed by atoms with Gasteiger partial charge in [-0.1, -0.05) is 13.3 Å². The second-order valence-electron chi connectivity index (χ2n) is 6.84. The maximum absolute atomic E-state index is 13.9. The van der Waals surface area contributed by atoms with E-state index in [0.717, 1.165) is 31.7 Å². The highest BCUT2D eigenvalue weighted by atomic mass is 32.2. The molecule has 0 radical (unpaired) electrons. The number of alkyl halides is 5. The Bertz CT molecular complexity index is 650. The second-order valence-corrected chi connectivity index (χ2v) is 7.94. The third-order valence-corrected chi connectivity index (χ3v) is 6.09. The number of benzene rings is 1. The fourth-order valence-electron chi connectivity index (χ4n) is 3.51. The molecule has 3 rings (SSSR count). The van der Waals surface area contributed by atoms with Gasteiger partial charge in [0, 0.05) is 27.9 Å². The van der Waals surface area contributed by atoms with Gasteiger partial charge in [-0.25, -0.2) is 8.78 Å². The number of ether oxygens (including phenoxy) is 1. The number of fused-ring (bicyclic) bond motifs is 1. The summed E-state index contributed by atoms with van der Waals surface area (Å²) in [5.74, 6) is -3.35. The van der Waals surface area contributed by atoms with Crippen LogP contribution >= 0.6 is 11.8 Å².